The molecule has 0 fully saturated rings. The van der Waals surface area contributed by atoms with E-state index in [0.717, 1.165) is 11.8 Å². The predicted octanol–water partition coefficient (Wildman–Crippen LogP) is 5.44. The minimum absolute atomic E-state index is 0.729. The van der Waals surface area contributed by atoms with Gasteiger partial charge < -0.3 is 0 Å². The van der Waals surface area contributed by atoms with Crippen LogP contribution in [0.3, 0.4) is 0 Å². The van der Waals surface area contributed by atoms with Gasteiger partial charge in [0.15, 0.2) is 0 Å². The Morgan fingerprint density at radius 3 is 1.00 bits per heavy atom. The standard InChI is InChI=1S/C12H24.C2H6/c1-7-11(9(3)4)12(8-2)10(5)6;1-2/h9-10H,7-8H2,1-6H3;1-2H3/b12-11-;. The van der Waals surface area contributed by atoms with Crippen molar-refractivity contribution < 1.29 is 0 Å². The summed E-state index contributed by atoms with van der Waals surface area (Å²) in [6.45, 7) is 17.8. The van der Waals surface area contributed by atoms with Crippen molar-refractivity contribution >= 4 is 0 Å². The van der Waals surface area contributed by atoms with Crippen LogP contribution < -0.4 is 0 Å². The lowest BCUT2D eigenvalue weighted by atomic mass is 9.87. The Morgan fingerprint density at radius 1 is 0.714 bits per heavy atom. The van der Waals surface area contributed by atoms with Crippen LogP contribution in [-0.4, -0.2) is 0 Å². The van der Waals surface area contributed by atoms with Gasteiger partial charge in [-0.2, -0.15) is 0 Å². The molecule has 0 heteroatoms. The number of allylic oxidation sites excluding steroid dienone is 2. The molecule has 86 valence electrons. The second-order valence-corrected chi connectivity index (χ2v) is 4.07. The van der Waals surface area contributed by atoms with E-state index in [9.17, 15) is 0 Å². The van der Waals surface area contributed by atoms with Gasteiger partial charge in [-0.25, -0.2) is 0 Å². The second-order valence-electron chi connectivity index (χ2n) is 4.07. The molecule has 0 aromatic rings. The summed E-state index contributed by atoms with van der Waals surface area (Å²) in [5, 5.41) is 0. The molecule has 0 rings (SSSR count). The summed E-state index contributed by atoms with van der Waals surface area (Å²) in [6, 6.07) is 0. The van der Waals surface area contributed by atoms with Crippen LogP contribution in [0.2, 0.25) is 0 Å². The summed E-state index contributed by atoms with van der Waals surface area (Å²) in [5.74, 6) is 1.46. The lowest BCUT2D eigenvalue weighted by Gasteiger charge is -2.19. The van der Waals surface area contributed by atoms with E-state index in [2.05, 4.69) is 41.5 Å². The molecule has 0 spiro atoms. The van der Waals surface area contributed by atoms with Crippen molar-refractivity contribution in [3.8, 4) is 0 Å². The van der Waals surface area contributed by atoms with Gasteiger partial charge in [-0.3, -0.25) is 0 Å². The van der Waals surface area contributed by atoms with Gasteiger partial charge in [0.25, 0.3) is 0 Å². The third-order valence-electron chi connectivity index (χ3n) is 2.57. The quantitative estimate of drug-likeness (QED) is 0.528. The highest BCUT2D eigenvalue weighted by Crippen LogP contribution is 2.25. The molecule has 0 aliphatic heterocycles. The van der Waals surface area contributed by atoms with E-state index in [-0.39, 0.29) is 0 Å². The second kappa shape index (κ2) is 9.30. The molecule has 0 saturated carbocycles. The van der Waals surface area contributed by atoms with Crippen molar-refractivity contribution in [2.24, 2.45) is 11.8 Å². The summed E-state index contributed by atoms with van der Waals surface area (Å²) in [7, 11) is 0. The lowest BCUT2D eigenvalue weighted by Crippen LogP contribution is -2.03. The third kappa shape index (κ3) is 5.47. The molecule has 0 heterocycles. The maximum atomic E-state index is 2.30. The zero-order valence-electron chi connectivity index (χ0n) is 11.6. The zero-order chi connectivity index (χ0) is 11.7. The molecule has 0 aliphatic rings. The van der Waals surface area contributed by atoms with E-state index in [0.29, 0.717) is 0 Å². The molecule has 0 atom stereocenters. The first kappa shape index (κ1) is 16.2. The molecule has 0 amide bonds. The maximum Gasteiger partial charge on any atom is -0.0257 e. The Balaban J connectivity index is 0. The Hall–Kier alpha value is -0.260. The number of hydrogen-bond donors (Lipinski definition) is 0. The van der Waals surface area contributed by atoms with Crippen molar-refractivity contribution in [3.63, 3.8) is 0 Å². The Morgan fingerprint density at radius 2 is 0.929 bits per heavy atom. The van der Waals surface area contributed by atoms with E-state index in [1.165, 1.54) is 12.8 Å². The van der Waals surface area contributed by atoms with E-state index in [1.807, 2.05) is 13.8 Å². The molecule has 0 bridgehead atoms. The fourth-order valence-electron chi connectivity index (χ4n) is 2.01. The molecular weight excluding hydrogens is 168 g/mol. The Labute approximate surface area is 91.8 Å². The van der Waals surface area contributed by atoms with Gasteiger partial charge in [-0.15, -0.1) is 0 Å². The summed E-state index contributed by atoms with van der Waals surface area (Å²) in [6.07, 6.45) is 2.44. The summed E-state index contributed by atoms with van der Waals surface area (Å²) in [4.78, 5) is 0. The maximum absolute atomic E-state index is 2.30. The molecule has 0 saturated heterocycles. The highest BCUT2D eigenvalue weighted by atomic mass is 14.2. The molecule has 0 aromatic heterocycles. The normalized spacial score (nSPS) is 12.4. The SMILES string of the molecule is CC.CC/C(=C(\CC)C(C)C)C(C)C. The molecule has 14 heavy (non-hydrogen) atoms. The van der Waals surface area contributed by atoms with Gasteiger partial charge in [-0.05, 0) is 24.7 Å². The molecule has 0 radical (unpaired) electrons. The van der Waals surface area contributed by atoms with Crippen LogP contribution in [0.4, 0.5) is 0 Å². The minimum Gasteiger partial charge on any atom is -0.0685 e. The zero-order valence-corrected chi connectivity index (χ0v) is 11.6. The Bertz CT molecular complexity index is 131. The Kier molecular flexibility index (Phi) is 10.7. The van der Waals surface area contributed by atoms with Crippen molar-refractivity contribution in [2.45, 2.75) is 68.2 Å². The van der Waals surface area contributed by atoms with Gasteiger partial charge in [0.2, 0.25) is 0 Å². The first-order valence-corrected chi connectivity index (χ1v) is 6.26. The van der Waals surface area contributed by atoms with Gasteiger partial charge in [0.1, 0.15) is 0 Å². The van der Waals surface area contributed by atoms with Crippen LogP contribution in [-0.2, 0) is 0 Å². The topological polar surface area (TPSA) is 0 Å². The molecule has 0 N–H and O–H groups in total. The highest BCUT2D eigenvalue weighted by molar-refractivity contribution is 5.17. The van der Waals surface area contributed by atoms with Crippen molar-refractivity contribution in [1.82, 2.24) is 0 Å². The average molecular weight is 198 g/mol. The van der Waals surface area contributed by atoms with E-state index in [4.69, 9.17) is 0 Å². The van der Waals surface area contributed by atoms with Crippen LogP contribution >= 0.6 is 0 Å². The van der Waals surface area contributed by atoms with Crippen molar-refractivity contribution in [3.05, 3.63) is 11.1 Å². The first-order chi connectivity index (χ1) is 6.54. The third-order valence-corrected chi connectivity index (χ3v) is 2.57. The predicted molar refractivity (Wildman–Crippen MR) is 68.6 cm³/mol. The monoisotopic (exact) mass is 198 g/mol. The molecular formula is C14H30. The fourth-order valence-corrected chi connectivity index (χ4v) is 2.01. The van der Waals surface area contributed by atoms with Crippen molar-refractivity contribution in [2.75, 3.05) is 0 Å². The van der Waals surface area contributed by atoms with Crippen LogP contribution in [0.25, 0.3) is 0 Å². The van der Waals surface area contributed by atoms with Crippen LogP contribution in [0, 0.1) is 11.8 Å². The molecule has 0 aromatic carbocycles. The van der Waals surface area contributed by atoms with Gasteiger partial charge >= 0.3 is 0 Å². The fraction of sp³-hybridized carbons (Fsp3) is 0.857. The first-order valence-electron chi connectivity index (χ1n) is 6.26. The summed E-state index contributed by atoms with van der Waals surface area (Å²) >= 11 is 0. The van der Waals surface area contributed by atoms with Gasteiger partial charge in [0.05, 0.1) is 0 Å². The van der Waals surface area contributed by atoms with Gasteiger partial charge in [0, 0.05) is 0 Å². The minimum atomic E-state index is 0.729. The highest BCUT2D eigenvalue weighted by Gasteiger charge is 2.09. The van der Waals surface area contributed by atoms with Crippen molar-refractivity contribution in [1.29, 1.82) is 0 Å². The number of rotatable bonds is 4. The van der Waals surface area contributed by atoms with Crippen LogP contribution in [0.5, 0.6) is 0 Å². The molecule has 0 nitrogen and oxygen atoms in total. The molecule has 0 unspecified atom stereocenters. The van der Waals surface area contributed by atoms with Gasteiger partial charge in [-0.1, -0.05) is 66.5 Å². The molecule has 0 aliphatic carbocycles. The van der Waals surface area contributed by atoms with Crippen LogP contribution in [0.15, 0.2) is 11.1 Å². The average Bonchev–Trinajstić information content (AvgIpc) is 2.15. The van der Waals surface area contributed by atoms with E-state index in [1.54, 1.807) is 11.1 Å². The van der Waals surface area contributed by atoms with Crippen LogP contribution in [0.1, 0.15) is 68.2 Å². The largest absolute Gasteiger partial charge is 0.0685 e. The number of hydrogen-bond acceptors (Lipinski definition) is 0. The summed E-state index contributed by atoms with van der Waals surface area (Å²) < 4.78 is 0. The smallest absolute Gasteiger partial charge is 0.0257 e. The lowest BCUT2D eigenvalue weighted by molar-refractivity contribution is 0.646. The van der Waals surface area contributed by atoms with E-state index < -0.39 is 0 Å². The van der Waals surface area contributed by atoms with E-state index >= 15 is 0 Å². The summed E-state index contributed by atoms with van der Waals surface area (Å²) in [5.41, 5.74) is 3.35.